The molecule has 1 amide bonds. The van der Waals surface area contributed by atoms with E-state index in [0.29, 0.717) is 27.1 Å². The predicted octanol–water partition coefficient (Wildman–Crippen LogP) is 4.34. The van der Waals surface area contributed by atoms with Crippen LogP contribution in [0.5, 0.6) is 0 Å². The molecule has 0 aliphatic rings. The van der Waals surface area contributed by atoms with Crippen LogP contribution in [0.3, 0.4) is 0 Å². The smallest absolute Gasteiger partial charge is 0.267 e. The molecule has 122 valence electrons. The van der Waals surface area contributed by atoms with E-state index in [4.69, 9.17) is 28.9 Å². The lowest BCUT2D eigenvalue weighted by atomic mass is 10.2. The summed E-state index contributed by atoms with van der Waals surface area (Å²) in [7, 11) is 0. The van der Waals surface area contributed by atoms with Crippen LogP contribution in [0.1, 0.15) is 5.56 Å². The van der Waals surface area contributed by atoms with Gasteiger partial charge in [-0.25, -0.2) is 0 Å². The van der Waals surface area contributed by atoms with Crippen LogP contribution in [0, 0.1) is 18.3 Å². The van der Waals surface area contributed by atoms with Gasteiger partial charge in [-0.15, -0.1) is 0 Å². The van der Waals surface area contributed by atoms with Crippen molar-refractivity contribution in [3.05, 3.63) is 63.8 Å². The Hall–Kier alpha value is -2.68. The Balaban J connectivity index is 2.15. The van der Waals surface area contributed by atoms with Crippen molar-refractivity contribution >= 4 is 46.2 Å². The van der Waals surface area contributed by atoms with E-state index in [9.17, 15) is 10.1 Å². The lowest BCUT2D eigenvalue weighted by molar-refractivity contribution is -0.112. The number of carbonyl (C=O) groups is 1. The lowest BCUT2D eigenvalue weighted by Gasteiger charge is -2.08. The maximum absolute atomic E-state index is 12.2. The van der Waals surface area contributed by atoms with E-state index < -0.39 is 5.91 Å². The van der Waals surface area contributed by atoms with E-state index in [-0.39, 0.29) is 5.57 Å². The summed E-state index contributed by atoms with van der Waals surface area (Å²) in [5.41, 5.74) is 7.89. The van der Waals surface area contributed by atoms with Gasteiger partial charge in [0.05, 0.1) is 10.7 Å². The molecule has 7 heteroatoms. The van der Waals surface area contributed by atoms with E-state index in [1.54, 1.807) is 30.3 Å². The molecule has 2 aromatic rings. The molecule has 0 spiro atoms. The fourth-order valence-corrected chi connectivity index (χ4v) is 2.22. The van der Waals surface area contributed by atoms with Crippen LogP contribution in [-0.2, 0) is 4.79 Å². The summed E-state index contributed by atoms with van der Waals surface area (Å²) in [4.78, 5) is 12.2. The topological polar surface area (TPSA) is 90.9 Å². The monoisotopic (exact) mass is 360 g/mol. The number of halogens is 2. The Morgan fingerprint density at radius 3 is 2.67 bits per heavy atom. The molecule has 0 saturated heterocycles. The number of carbonyl (C=O) groups excluding carboxylic acids is 1. The third-order valence-electron chi connectivity index (χ3n) is 3.26. The van der Waals surface area contributed by atoms with Crippen molar-refractivity contribution in [1.82, 2.24) is 0 Å². The molecule has 0 unspecified atom stereocenters. The molecular formula is C17H14Cl2N4O. The zero-order valence-electron chi connectivity index (χ0n) is 12.7. The normalized spacial score (nSPS) is 10.8. The quantitative estimate of drug-likeness (QED) is 0.429. The van der Waals surface area contributed by atoms with Gasteiger partial charge >= 0.3 is 0 Å². The summed E-state index contributed by atoms with van der Waals surface area (Å²) in [6.07, 6.45) is 1.33. The molecular weight excluding hydrogens is 347 g/mol. The molecule has 5 nitrogen and oxygen atoms in total. The number of benzene rings is 2. The van der Waals surface area contributed by atoms with Crippen molar-refractivity contribution in [2.75, 3.05) is 16.4 Å². The number of nitrogens with two attached hydrogens (primary N) is 1. The first kappa shape index (κ1) is 17.7. The summed E-state index contributed by atoms with van der Waals surface area (Å²) in [5.74, 6) is -0.564. The number of hydrogen-bond acceptors (Lipinski definition) is 4. The van der Waals surface area contributed by atoms with E-state index in [1.165, 1.54) is 12.3 Å². The second-order valence-electron chi connectivity index (χ2n) is 4.92. The van der Waals surface area contributed by atoms with Crippen molar-refractivity contribution < 1.29 is 4.79 Å². The molecule has 0 aromatic heterocycles. The van der Waals surface area contributed by atoms with Crippen molar-refractivity contribution in [2.45, 2.75) is 6.92 Å². The number of anilines is 3. The minimum Gasteiger partial charge on any atom is -0.398 e. The van der Waals surface area contributed by atoms with Crippen LogP contribution < -0.4 is 16.4 Å². The largest absolute Gasteiger partial charge is 0.398 e. The van der Waals surface area contributed by atoms with Gasteiger partial charge in [0, 0.05) is 22.6 Å². The standard InChI is InChI=1S/C17H14Cl2N4O/c1-10-13(18)3-2-4-16(10)22-9-11(8-20)17(24)23-12-5-6-15(21)14(19)7-12/h2-7,9,22H,21H2,1H3,(H,23,24)/b11-9-. The zero-order valence-corrected chi connectivity index (χ0v) is 14.2. The Kier molecular flexibility index (Phi) is 5.69. The number of hydrogen-bond donors (Lipinski definition) is 3. The highest BCUT2D eigenvalue weighted by molar-refractivity contribution is 6.33. The third kappa shape index (κ3) is 4.19. The number of nitriles is 1. The number of rotatable bonds is 4. The van der Waals surface area contributed by atoms with Gasteiger partial charge in [-0.2, -0.15) is 5.26 Å². The van der Waals surface area contributed by atoms with Gasteiger partial charge < -0.3 is 16.4 Å². The highest BCUT2D eigenvalue weighted by Gasteiger charge is 2.10. The Labute approximate surface area is 149 Å². The summed E-state index contributed by atoms with van der Waals surface area (Å²) in [5, 5.41) is 15.6. The van der Waals surface area contributed by atoms with E-state index >= 15 is 0 Å². The maximum Gasteiger partial charge on any atom is 0.267 e. The fourth-order valence-electron chi connectivity index (χ4n) is 1.87. The van der Waals surface area contributed by atoms with Gasteiger partial charge in [-0.3, -0.25) is 4.79 Å². The highest BCUT2D eigenvalue weighted by atomic mass is 35.5. The van der Waals surface area contributed by atoms with Gasteiger partial charge in [0.15, 0.2) is 0 Å². The predicted molar refractivity (Wildman–Crippen MR) is 98.0 cm³/mol. The van der Waals surface area contributed by atoms with E-state index in [0.717, 1.165) is 5.56 Å². The van der Waals surface area contributed by atoms with Crippen molar-refractivity contribution in [2.24, 2.45) is 0 Å². The van der Waals surface area contributed by atoms with Crippen LogP contribution in [-0.4, -0.2) is 5.91 Å². The summed E-state index contributed by atoms with van der Waals surface area (Å²) in [6.45, 7) is 1.83. The summed E-state index contributed by atoms with van der Waals surface area (Å²) >= 11 is 11.9. The Morgan fingerprint density at radius 1 is 1.25 bits per heavy atom. The van der Waals surface area contributed by atoms with Crippen molar-refractivity contribution in [3.8, 4) is 6.07 Å². The van der Waals surface area contributed by atoms with Crippen LogP contribution in [0.4, 0.5) is 17.1 Å². The molecule has 0 bridgehead atoms. The van der Waals surface area contributed by atoms with Gasteiger partial charge in [0.2, 0.25) is 0 Å². The lowest BCUT2D eigenvalue weighted by Crippen LogP contribution is -2.14. The molecule has 0 atom stereocenters. The molecule has 0 aliphatic heterocycles. The van der Waals surface area contributed by atoms with Gasteiger partial charge in [0.25, 0.3) is 5.91 Å². The summed E-state index contributed by atoms with van der Waals surface area (Å²) < 4.78 is 0. The SMILES string of the molecule is Cc1c(Cl)cccc1N/C=C(/C#N)C(=O)Nc1ccc(N)c(Cl)c1. The van der Waals surface area contributed by atoms with Gasteiger partial charge in [-0.1, -0.05) is 29.3 Å². The summed E-state index contributed by atoms with van der Waals surface area (Å²) in [6, 6.07) is 11.9. The van der Waals surface area contributed by atoms with Crippen molar-refractivity contribution in [1.29, 1.82) is 5.26 Å². The fraction of sp³-hybridized carbons (Fsp3) is 0.0588. The molecule has 0 fully saturated rings. The average Bonchev–Trinajstić information content (AvgIpc) is 2.55. The number of nitrogens with one attached hydrogen (secondary N) is 2. The highest BCUT2D eigenvalue weighted by Crippen LogP contribution is 2.24. The second kappa shape index (κ2) is 7.73. The third-order valence-corrected chi connectivity index (χ3v) is 4.00. The van der Waals surface area contributed by atoms with Crippen LogP contribution in [0.15, 0.2) is 48.2 Å². The van der Waals surface area contributed by atoms with Crippen LogP contribution in [0.2, 0.25) is 10.0 Å². The molecule has 0 radical (unpaired) electrons. The minimum atomic E-state index is -0.564. The molecule has 0 aliphatic carbocycles. The molecule has 2 rings (SSSR count). The first-order chi connectivity index (χ1) is 11.4. The van der Waals surface area contributed by atoms with Crippen LogP contribution in [0.25, 0.3) is 0 Å². The number of nitrogens with zero attached hydrogens (tertiary/aromatic N) is 1. The molecule has 2 aromatic carbocycles. The Bertz CT molecular complexity index is 856. The number of amides is 1. The Morgan fingerprint density at radius 2 is 2.00 bits per heavy atom. The first-order valence-electron chi connectivity index (χ1n) is 6.90. The van der Waals surface area contributed by atoms with Crippen molar-refractivity contribution in [3.63, 3.8) is 0 Å². The van der Waals surface area contributed by atoms with Crippen LogP contribution >= 0.6 is 23.2 Å². The van der Waals surface area contributed by atoms with Gasteiger partial charge in [-0.05, 0) is 42.8 Å². The minimum absolute atomic E-state index is 0.0951. The maximum atomic E-state index is 12.2. The van der Waals surface area contributed by atoms with E-state index in [1.807, 2.05) is 13.0 Å². The molecule has 4 N–H and O–H groups in total. The van der Waals surface area contributed by atoms with E-state index in [2.05, 4.69) is 10.6 Å². The first-order valence-corrected chi connectivity index (χ1v) is 7.66. The van der Waals surface area contributed by atoms with Gasteiger partial charge in [0.1, 0.15) is 11.6 Å². The molecule has 0 heterocycles. The zero-order chi connectivity index (χ0) is 17.7. The second-order valence-corrected chi connectivity index (χ2v) is 5.73. The molecule has 24 heavy (non-hydrogen) atoms. The molecule has 0 saturated carbocycles. The number of nitrogen functional groups attached to an aromatic ring is 1. The average molecular weight is 361 g/mol.